The van der Waals surface area contributed by atoms with Gasteiger partial charge in [0.25, 0.3) is 0 Å². The number of rotatable bonds is 4. The monoisotopic (exact) mass is 244 g/mol. The van der Waals surface area contributed by atoms with Crippen LogP contribution in [0.3, 0.4) is 0 Å². The smallest absolute Gasteiger partial charge is 0.145 e. The van der Waals surface area contributed by atoms with Crippen molar-refractivity contribution in [1.29, 1.82) is 0 Å². The van der Waals surface area contributed by atoms with Gasteiger partial charge in [0.15, 0.2) is 0 Å². The quantitative estimate of drug-likeness (QED) is 0.898. The van der Waals surface area contributed by atoms with Crippen molar-refractivity contribution in [3.05, 3.63) is 48.3 Å². The Hall–Kier alpha value is -2.07. The molecule has 0 bridgehead atoms. The van der Waals surface area contributed by atoms with Crippen molar-refractivity contribution in [2.45, 2.75) is 13.0 Å². The van der Waals surface area contributed by atoms with Crippen molar-refractivity contribution < 1.29 is 9.47 Å². The standard InChI is InChI=1S/C14H16N2O2/c1-10(15)14-7-6-13(9-16-14)18-12-5-3-4-11(8-12)17-2/h3-10H,15H2,1-2H3/t10-/m0/s1. The van der Waals surface area contributed by atoms with Crippen LogP contribution < -0.4 is 15.2 Å². The van der Waals surface area contributed by atoms with Crippen LogP contribution in [0, 0.1) is 0 Å². The Balaban J connectivity index is 2.13. The molecule has 1 atom stereocenters. The lowest BCUT2D eigenvalue weighted by molar-refractivity contribution is 0.409. The van der Waals surface area contributed by atoms with Gasteiger partial charge in [-0.3, -0.25) is 4.98 Å². The molecule has 0 amide bonds. The fraction of sp³-hybridized carbons (Fsp3) is 0.214. The van der Waals surface area contributed by atoms with Crippen LogP contribution in [-0.2, 0) is 0 Å². The van der Waals surface area contributed by atoms with Crippen LogP contribution >= 0.6 is 0 Å². The Morgan fingerprint density at radius 3 is 2.50 bits per heavy atom. The van der Waals surface area contributed by atoms with Crippen molar-refractivity contribution in [2.24, 2.45) is 5.73 Å². The van der Waals surface area contributed by atoms with Gasteiger partial charge in [-0.15, -0.1) is 0 Å². The summed E-state index contributed by atoms with van der Waals surface area (Å²) in [6, 6.07) is 11.1. The largest absolute Gasteiger partial charge is 0.497 e. The number of ether oxygens (including phenoxy) is 2. The zero-order valence-corrected chi connectivity index (χ0v) is 10.5. The molecule has 0 spiro atoms. The molecule has 1 aromatic carbocycles. The lowest BCUT2D eigenvalue weighted by Crippen LogP contribution is -2.06. The summed E-state index contributed by atoms with van der Waals surface area (Å²) in [5.41, 5.74) is 6.58. The first-order valence-corrected chi connectivity index (χ1v) is 5.72. The van der Waals surface area contributed by atoms with E-state index in [2.05, 4.69) is 4.98 Å². The average Bonchev–Trinajstić information content (AvgIpc) is 2.39. The van der Waals surface area contributed by atoms with E-state index < -0.39 is 0 Å². The third-order valence-corrected chi connectivity index (χ3v) is 2.50. The van der Waals surface area contributed by atoms with Crippen molar-refractivity contribution >= 4 is 0 Å². The molecule has 18 heavy (non-hydrogen) atoms. The van der Waals surface area contributed by atoms with Crippen LogP contribution in [0.1, 0.15) is 18.7 Å². The first kappa shape index (κ1) is 12.4. The minimum Gasteiger partial charge on any atom is -0.497 e. The van der Waals surface area contributed by atoms with Crippen molar-refractivity contribution in [3.8, 4) is 17.2 Å². The second-order valence-corrected chi connectivity index (χ2v) is 3.99. The summed E-state index contributed by atoms with van der Waals surface area (Å²) in [5, 5.41) is 0. The molecule has 0 saturated carbocycles. The van der Waals surface area contributed by atoms with Gasteiger partial charge in [0.2, 0.25) is 0 Å². The van der Waals surface area contributed by atoms with Gasteiger partial charge in [-0.2, -0.15) is 0 Å². The number of nitrogens with two attached hydrogens (primary N) is 1. The van der Waals surface area contributed by atoms with Gasteiger partial charge < -0.3 is 15.2 Å². The van der Waals surface area contributed by atoms with E-state index >= 15 is 0 Å². The van der Waals surface area contributed by atoms with E-state index in [-0.39, 0.29) is 6.04 Å². The molecule has 2 rings (SSSR count). The Morgan fingerprint density at radius 2 is 1.89 bits per heavy atom. The number of pyridine rings is 1. The molecule has 94 valence electrons. The SMILES string of the molecule is COc1cccc(Oc2ccc([C@H](C)N)nc2)c1. The highest BCUT2D eigenvalue weighted by molar-refractivity contribution is 5.36. The lowest BCUT2D eigenvalue weighted by atomic mass is 10.2. The van der Waals surface area contributed by atoms with Gasteiger partial charge in [-0.25, -0.2) is 0 Å². The molecule has 2 N–H and O–H groups in total. The Morgan fingerprint density at radius 1 is 1.11 bits per heavy atom. The fourth-order valence-corrected chi connectivity index (χ4v) is 1.52. The van der Waals surface area contributed by atoms with E-state index in [9.17, 15) is 0 Å². The molecule has 0 aliphatic heterocycles. The summed E-state index contributed by atoms with van der Waals surface area (Å²) < 4.78 is 10.8. The predicted molar refractivity (Wildman–Crippen MR) is 69.9 cm³/mol. The second kappa shape index (κ2) is 5.51. The summed E-state index contributed by atoms with van der Waals surface area (Å²) in [5.74, 6) is 2.14. The molecule has 0 unspecified atom stereocenters. The van der Waals surface area contributed by atoms with Crippen LogP contribution in [0.25, 0.3) is 0 Å². The molecular weight excluding hydrogens is 228 g/mol. The van der Waals surface area contributed by atoms with Crippen molar-refractivity contribution in [2.75, 3.05) is 7.11 Å². The molecule has 4 heteroatoms. The van der Waals surface area contributed by atoms with Gasteiger partial charge in [-0.1, -0.05) is 6.07 Å². The Labute approximate surface area is 106 Å². The molecule has 4 nitrogen and oxygen atoms in total. The summed E-state index contributed by atoms with van der Waals surface area (Å²) >= 11 is 0. The molecule has 2 aromatic rings. The third-order valence-electron chi connectivity index (χ3n) is 2.50. The van der Waals surface area contributed by atoms with Crippen molar-refractivity contribution in [3.63, 3.8) is 0 Å². The minimum absolute atomic E-state index is 0.0733. The number of methoxy groups -OCH3 is 1. The molecular formula is C14H16N2O2. The van der Waals surface area contributed by atoms with E-state index in [0.717, 1.165) is 11.4 Å². The maximum atomic E-state index is 5.73. The number of hydrogen-bond acceptors (Lipinski definition) is 4. The summed E-state index contributed by atoms with van der Waals surface area (Å²) in [6.07, 6.45) is 1.66. The zero-order chi connectivity index (χ0) is 13.0. The van der Waals surface area contributed by atoms with E-state index in [1.807, 2.05) is 43.3 Å². The molecule has 0 aliphatic carbocycles. The zero-order valence-electron chi connectivity index (χ0n) is 10.5. The first-order chi connectivity index (χ1) is 8.69. The number of hydrogen-bond donors (Lipinski definition) is 1. The summed E-state index contributed by atoms with van der Waals surface area (Å²) in [7, 11) is 1.62. The van der Waals surface area contributed by atoms with E-state index in [1.54, 1.807) is 13.3 Å². The van der Waals surface area contributed by atoms with Crippen molar-refractivity contribution in [1.82, 2.24) is 4.98 Å². The Bertz CT molecular complexity index is 509. The first-order valence-electron chi connectivity index (χ1n) is 5.72. The molecule has 1 aromatic heterocycles. The number of aromatic nitrogens is 1. The predicted octanol–water partition coefficient (Wildman–Crippen LogP) is 2.90. The van der Waals surface area contributed by atoms with Gasteiger partial charge in [0, 0.05) is 12.1 Å². The van der Waals surface area contributed by atoms with Crippen LogP contribution in [0.4, 0.5) is 0 Å². The third kappa shape index (κ3) is 2.99. The fourth-order valence-electron chi connectivity index (χ4n) is 1.52. The number of benzene rings is 1. The minimum atomic E-state index is -0.0733. The van der Waals surface area contributed by atoms with Crippen LogP contribution in [-0.4, -0.2) is 12.1 Å². The van der Waals surface area contributed by atoms with Crippen LogP contribution in [0.2, 0.25) is 0 Å². The maximum Gasteiger partial charge on any atom is 0.145 e. The molecule has 0 fully saturated rings. The van der Waals surface area contributed by atoms with E-state index in [0.29, 0.717) is 11.5 Å². The van der Waals surface area contributed by atoms with E-state index in [4.69, 9.17) is 15.2 Å². The Kier molecular flexibility index (Phi) is 3.79. The van der Waals surface area contributed by atoms with E-state index in [1.165, 1.54) is 0 Å². The highest BCUT2D eigenvalue weighted by Crippen LogP contribution is 2.24. The normalized spacial score (nSPS) is 11.9. The van der Waals surface area contributed by atoms with Gasteiger partial charge in [0.1, 0.15) is 17.2 Å². The van der Waals surface area contributed by atoms with Crippen LogP contribution in [0.15, 0.2) is 42.6 Å². The lowest BCUT2D eigenvalue weighted by Gasteiger charge is -2.08. The van der Waals surface area contributed by atoms with Gasteiger partial charge in [-0.05, 0) is 31.2 Å². The van der Waals surface area contributed by atoms with Gasteiger partial charge in [0.05, 0.1) is 19.0 Å². The maximum absolute atomic E-state index is 5.73. The molecule has 1 heterocycles. The number of nitrogens with zero attached hydrogens (tertiary/aromatic N) is 1. The molecule has 0 saturated heterocycles. The molecule has 0 aliphatic rings. The highest BCUT2D eigenvalue weighted by Gasteiger charge is 2.03. The van der Waals surface area contributed by atoms with Crippen LogP contribution in [0.5, 0.6) is 17.2 Å². The average molecular weight is 244 g/mol. The molecule has 0 radical (unpaired) electrons. The van der Waals surface area contributed by atoms with Gasteiger partial charge >= 0.3 is 0 Å². The highest BCUT2D eigenvalue weighted by atomic mass is 16.5. The second-order valence-electron chi connectivity index (χ2n) is 3.99. The summed E-state index contributed by atoms with van der Waals surface area (Å²) in [6.45, 7) is 1.89. The summed E-state index contributed by atoms with van der Waals surface area (Å²) in [4.78, 5) is 4.24. The topological polar surface area (TPSA) is 57.4 Å².